The van der Waals surface area contributed by atoms with Crippen molar-refractivity contribution in [2.75, 3.05) is 13.2 Å². The molecule has 1 unspecified atom stereocenters. The van der Waals surface area contributed by atoms with Crippen LogP contribution in [0, 0.1) is 4.91 Å². The van der Waals surface area contributed by atoms with Gasteiger partial charge in [0, 0.05) is 35.2 Å². The van der Waals surface area contributed by atoms with Crippen molar-refractivity contribution in [2.24, 2.45) is 5.18 Å². The van der Waals surface area contributed by atoms with Crippen LogP contribution in [0.15, 0.2) is 53.7 Å². The van der Waals surface area contributed by atoms with Gasteiger partial charge < -0.3 is 10.1 Å². The molecule has 1 fully saturated rings. The Bertz CT molecular complexity index is 1030. The average Bonchev–Trinajstić information content (AvgIpc) is 3.30. The number of H-pyrrole nitrogens is 1. The van der Waals surface area contributed by atoms with Crippen molar-refractivity contribution in [3.63, 3.8) is 0 Å². The van der Waals surface area contributed by atoms with E-state index in [0.717, 1.165) is 24.1 Å². The highest BCUT2D eigenvalue weighted by atomic mass is 16.3. The average molecular weight is 406 g/mol. The third-order valence-corrected chi connectivity index (χ3v) is 6.36. The maximum absolute atomic E-state index is 10.8. The highest BCUT2D eigenvalue weighted by molar-refractivity contribution is 5.86. The maximum Gasteiger partial charge on any atom is 0.0966 e. The minimum absolute atomic E-state index is 0.0962. The van der Waals surface area contributed by atoms with Crippen LogP contribution in [0.5, 0.6) is 0 Å². The maximum atomic E-state index is 10.8. The molecular weight excluding hydrogens is 374 g/mol. The summed E-state index contributed by atoms with van der Waals surface area (Å²) in [5.41, 5.74) is 6.08. The van der Waals surface area contributed by atoms with Crippen LogP contribution in [-0.2, 0) is 12.0 Å². The van der Waals surface area contributed by atoms with Crippen LogP contribution in [0.2, 0.25) is 0 Å². The number of rotatable bonds is 6. The summed E-state index contributed by atoms with van der Waals surface area (Å²) < 4.78 is 0. The summed E-state index contributed by atoms with van der Waals surface area (Å²) >= 11 is 0. The second-order valence-corrected chi connectivity index (χ2v) is 9.48. The highest BCUT2D eigenvalue weighted by Gasteiger charge is 2.33. The van der Waals surface area contributed by atoms with Crippen LogP contribution >= 0.6 is 0 Å². The van der Waals surface area contributed by atoms with Gasteiger partial charge in [0.05, 0.1) is 13.2 Å². The zero-order valence-corrected chi connectivity index (χ0v) is 18.1. The predicted molar refractivity (Wildman–Crippen MR) is 123 cm³/mol. The summed E-state index contributed by atoms with van der Waals surface area (Å²) in [6.07, 6.45) is 1.82. The molecule has 4 rings (SSSR count). The van der Waals surface area contributed by atoms with Gasteiger partial charge in [0.15, 0.2) is 0 Å². The van der Waals surface area contributed by atoms with E-state index in [4.69, 9.17) is 0 Å². The van der Waals surface area contributed by atoms with Crippen molar-refractivity contribution >= 4 is 10.9 Å². The molecule has 1 aliphatic rings. The number of aromatic nitrogens is 1. The fourth-order valence-corrected chi connectivity index (χ4v) is 4.57. The van der Waals surface area contributed by atoms with Crippen LogP contribution in [0.1, 0.15) is 44.9 Å². The van der Waals surface area contributed by atoms with Gasteiger partial charge in [0.2, 0.25) is 0 Å². The largest absolute Gasteiger partial charge is 0.395 e. The van der Waals surface area contributed by atoms with Crippen molar-refractivity contribution in [1.29, 1.82) is 0 Å². The van der Waals surface area contributed by atoms with Crippen LogP contribution < -0.4 is 0 Å². The van der Waals surface area contributed by atoms with Gasteiger partial charge in [-0.1, -0.05) is 56.3 Å². The summed E-state index contributed by atoms with van der Waals surface area (Å²) in [6.45, 7) is 7.79. The van der Waals surface area contributed by atoms with E-state index in [1.165, 1.54) is 22.1 Å². The Morgan fingerprint density at radius 2 is 1.83 bits per heavy atom. The molecule has 5 heteroatoms. The number of likely N-dealkylation sites (tertiary alicyclic amines) is 1. The Morgan fingerprint density at radius 1 is 1.07 bits per heavy atom. The zero-order chi connectivity index (χ0) is 21.3. The zero-order valence-electron chi connectivity index (χ0n) is 18.1. The van der Waals surface area contributed by atoms with Gasteiger partial charge in [0.1, 0.15) is 0 Å². The standard InChI is InChI=1S/C25H31N3O2/c1-25(2,3)20-6-4-5-17(12-20)18-7-10-24-19(11-18)13-21(27-24)15-28-22(14-26-30)8-9-23(28)16-29/h4-7,10-13,22-23,27,29H,8-9,14-16H2,1-3H3/t22?,23-/m1/s1. The lowest BCUT2D eigenvalue weighted by Gasteiger charge is -2.27. The molecule has 2 aromatic carbocycles. The van der Waals surface area contributed by atoms with Gasteiger partial charge in [-0.2, -0.15) is 4.91 Å². The second-order valence-electron chi connectivity index (χ2n) is 9.48. The lowest BCUT2D eigenvalue weighted by atomic mass is 9.85. The van der Waals surface area contributed by atoms with E-state index < -0.39 is 0 Å². The number of hydrogen-bond acceptors (Lipinski definition) is 4. The van der Waals surface area contributed by atoms with Crippen molar-refractivity contribution in [3.8, 4) is 11.1 Å². The fraction of sp³-hybridized carbons (Fsp3) is 0.440. The topological polar surface area (TPSA) is 68.7 Å². The summed E-state index contributed by atoms with van der Waals surface area (Å²) in [7, 11) is 0. The first-order valence-electron chi connectivity index (χ1n) is 10.8. The lowest BCUT2D eigenvalue weighted by Crippen LogP contribution is -2.39. The molecule has 2 atom stereocenters. The molecule has 0 amide bonds. The van der Waals surface area contributed by atoms with Crippen LogP contribution in [0.25, 0.3) is 22.0 Å². The third kappa shape index (κ3) is 4.18. The predicted octanol–water partition coefficient (Wildman–Crippen LogP) is 5.22. The van der Waals surface area contributed by atoms with Gasteiger partial charge in [-0.25, -0.2) is 0 Å². The monoisotopic (exact) mass is 405 g/mol. The Labute approximate surface area is 178 Å². The molecule has 30 heavy (non-hydrogen) atoms. The smallest absolute Gasteiger partial charge is 0.0966 e. The van der Waals surface area contributed by atoms with Crippen molar-refractivity contribution in [3.05, 3.63) is 64.7 Å². The molecule has 0 bridgehead atoms. The first-order valence-corrected chi connectivity index (χ1v) is 10.8. The molecule has 158 valence electrons. The normalized spacial score (nSPS) is 20.1. The Kier molecular flexibility index (Phi) is 5.76. The number of aliphatic hydroxyl groups excluding tert-OH is 1. The number of nitrogens with one attached hydrogen (secondary N) is 1. The number of nitroso groups, excluding NO2 is 1. The summed E-state index contributed by atoms with van der Waals surface area (Å²) in [6, 6.07) is 17.7. The minimum Gasteiger partial charge on any atom is -0.395 e. The molecule has 0 radical (unpaired) electrons. The molecule has 0 spiro atoms. The van der Waals surface area contributed by atoms with Crippen LogP contribution in [-0.4, -0.2) is 40.2 Å². The van der Waals surface area contributed by atoms with Crippen LogP contribution in [0.3, 0.4) is 0 Å². The third-order valence-electron chi connectivity index (χ3n) is 6.36. The molecule has 0 aliphatic carbocycles. The number of hydrogen-bond donors (Lipinski definition) is 2. The van der Waals surface area contributed by atoms with Gasteiger partial charge in [-0.15, -0.1) is 0 Å². The Hall–Kier alpha value is -2.50. The van der Waals surface area contributed by atoms with E-state index in [0.29, 0.717) is 6.54 Å². The SMILES string of the molecule is CC(C)(C)c1cccc(-c2ccc3[nH]c(CN4C(CN=O)CC[C@@H]4CO)cc3c2)c1. The van der Waals surface area contributed by atoms with Crippen molar-refractivity contribution in [2.45, 2.75) is 57.7 Å². The number of nitrogens with zero attached hydrogens (tertiary/aromatic N) is 2. The molecular formula is C25H31N3O2. The number of benzene rings is 2. The first-order chi connectivity index (χ1) is 14.4. The molecule has 1 saturated heterocycles. The number of aromatic amines is 1. The van der Waals surface area contributed by atoms with E-state index in [9.17, 15) is 10.0 Å². The van der Waals surface area contributed by atoms with Gasteiger partial charge in [-0.05, 0) is 53.1 Å². The molecule has 1 aromatic heterocycles. The highest BCUT2D eigenvalue weighted by Crippen LogP contribution is 2.31. The Balaban J connectivity index is 1.61. The van der Waals surface area contributed by atoms with Gasteiger partial charge >= 0.3 is 0 Å². The molecule has 2 heterocycles. The number of fused-ring (bicyclic) bond motifs is 1. The van der Waals surface area contributed by atoms with Crippen molar-refractivity contribution < 1.29 is 5.11 Å². The molecule has 0 saturated carbocycles. The van der Waals surface area contributed by atoms with Crippen LogP contribution in [0.4, 0.5) is 0 Å². The van der Waals surface area contributed by atoms with E-state index in [1.807, 2.05) is 0 Å². The first kappa shape index (κ1) is 20.8. The van der Waals surface area contributed by atoms with E-state index >= 15 is 0 Å². The van der Waals surface area contributed by atoms with E-state index in [2.05, 4.69) is 84.4 Å². The molecule has 3 aromatic rings. The fourth-order valence-electron chi connectivity index (χ4n) is 4.57. The number of aliphatic hydroxyl groups is 1. The lowest BCUT2D eigenvalue weighted by molar-refractivity contribution is 0.123. The molecule has 5 nitrogen and oxygen atoms in total. The van der Waals surface area contributed by atoms with Gasteiger partial charge in [-0.3, -0.25) is 4.90 Å². The Morgan fingerprint density at radius 3 is 2.57 bits per heavy atom. The van der Waals surface area contributed by atoms with E-state index in [1.54, 1.807) is 0 Å². The minimum atomic E-state index is 0.0962. The second kappa shape index (κ2) is 8.32. The summed E-state index contributed by atoms with van der Waals surface area (Å²) in [5.74, 6) is 0. The van der Waals surface area contributed by atoms with Gasteiger partial charge in [0.25, 0.3) is 0 Å². The molecule has 1 aliphatic heterocycles. The van der Waals surface area contributed by atoms with Crippen molar-refractivity contribution in [1.82, 2.24) is 9.88 Å². The van der Waals surface area contributed by atoms with E-state index in [-0.39, 0.29) is 30.7 Å². The summed E-state index contributed by atoms with van der Waals surface area (Å²) in [4.78, 5) is 16.5. The summed E-state index contributed by atoms with van der Waals surface area (Å²) in [5, 5.41) is 14.0. The molecule has 2 N–H and O–H groups in total. The quantitative estimate of drug-likeness (QED) is 0.552.